The summed E-state index contributed by atoms with van der Waals surface area (Å²) in [4.78, 5) is 46.1. The van der Waals surface area contributed by atoms with E-state index in [1.165, 1.54) is 0 Å². The lowest BCUT2D eigenvalue weighted by molar-refractivity contribution is -0.155. The fourth-order valence-corrected chi connectivity index (χ4v) is 10.4. The minimum atomic E-state index is -0.810. The van der Waals surface area contributed by atoms with Crippen LogP contribution in [0.3, 0.4) is 0 Å². The van der Waals surface area contributed by atoms with E-state index in [0.717, 1.165) is 31.2 Å². The van der Waals surface area contributed by atoms with Crippen molar-refractivity contribution in [2.24, 2.45) is 17.8 Å². The number of aliphatic hydroxyl groups excluding tert-OH is 1. The third kappa shape index (κ3) is 6.04. The molecule has 1 spiro atoms. The minimum Gasteiger partial charge on any atom is -0.465 e. The van der Waals surface area contributed by atoms with Gasteiger partial charge >= 0.3 is 5.97 Å². The van der Waals surface area contributed by atoms with E-state index >= 15 is 0 Å². The molecule has 3 aliphatic rings. The predicted molar refractivity (Wildman–Crippen MR) is 166 cm³/mol. The first-order valence-corrected chi connectivity index (χ1v) is 16.5. The van der Waals surface area contributed by atoms with Crippen molar-refractivity contribution in [2.75, 3.05) is 19.8 Å². The van der Waals surface area contributed by atoms with Crippen LogP contribution in [0.1, 0.15) is 51.5 Å². The minimum absolute atomic E-state index is 0.0336. The van der Waals surface area contributed by atoms with E-state index in [0.29, 0.717) is 26.1 Å². The predicted octanol–water partition coefficient (Wildman–Crippen LogP) is 4.97. The number of allylic oxidation sites excluding steroid dienone is 1. The number of likely N-dealkylation sites (tertiary alicyclic amines) is 1. The van der Waals surface area contributed by atoms with Crippen LogP contribution in [0.5, 0.6) is 0 Å². The number of halogens is 1. The number of alkyl halides is 1. The normalized spacial score (nSPS) is 29.6. The Morgan fingerprint density at radius 3 is 2.63 bits per heavy atom. The summed E-state index contributed by atoms with van der Waals surface area (Å²) in [7, 11) is 0. The van der Waals surface area contributed by atoms with Gasteiger partial charge in [0.15, 0.2) is 0 Å². The Balaban J connectivity index is 1.72. The number of aliphatic hydroxyl groups is 1. The fourth-order valence-electron chi connectivity index (χ4n) is 6.81. The average Bonchev–Trinajstić information content (AvgIpc) is 3.56. The molecule has 0 aliphatic carbocycles. The summed E-state index contributed by atoms with van der Waals surface area (Å²) in [6.07, 6.45) is 7.34. The van der Waals surface area contributed by atoms with E-state index in [1.807, 2.05) is 50.3 Å². The fraction of sp³-hybridized carbons (Fsp3) is 0.594. The first-order chi connectivity index (χ1) is 19.7. The molecule has 3 saturated heterocycles. The summed E-state index contributed by atoms with van der Waals surface area (Å²) in [5.74, 6) is -2.12. The van der Waals surface area contributed by atoms with Crippen LogP contribution in [0.15, 0.2) is 55.6 Å². The molecular formula is C32H43BrN2O5S. The molecule has 3 fully saturated rings. The summed E-state index contributed by atoms with van der Waals surface area (Å²) < 4.78 is 4.95. The van der Waals surface area contributed by atoms with Crippen LogP contribution in [-0.4, -0.2) is 79.4 Å². The average molecular weight is 648 g/mol. The van der Waals surface area contributed by atoms with Crippen molar-refractivity contribution in [3.63, 3.8) is 0 Å². The van der Waals surface area contributed by atoms with E-state index in [-0.39, 0.29) is 40.4 Å². The first-order valence-electron chi connectivity index (χ1n) is 14.7. The number of carbonyl (C=O) groups is 3. The lowest BCUT2D eigenvalue weighted by Crippen LogP contribution is -2.58. The second-order valence-electron chi connectivity index (χ2n) is 11.5. The topological polar surface area (TPSA) is 87.1 Å². The molecule has 8 atom stereocenters. The zero-order valence-corrected chi connectivity index (χ0v) is 26.5. The Kier molecular flexibility index (Phi) is 10.8. The summed E-state index contributed by atoms with van der Waals surface area (Å²) in [6.45, 7) is 12.4. The summed E-state index contributed by atoms with van der Waals surface area (Å²) >= 11 is 5.41. The Bertz CT molecular complexity index is 1120. The smallest absolute Gasteiger partial charge is 0.310 e. The second-order valence-corrected chi connectivity index (χ2v) is 14.2. The molecule has 3 unspecified atom stereocenters. The van der Waals surface area contributed by atoms with Gasteiger partial charge in [-0.2, -0.15) is 0 Å². The van der Waals surface area contributed by atoms with Crippen LogP contribution in [0.25, 0.3) is 0 Å². The van der Waals surface area contributed by atoms with Crippen molar-refractivity contribution in [2.45, 2.75) is 79.4 Å². The van der Waals surface area contributed by atoms with Crippen LogP contribution in [0, 0.1) is 17.8 Å². The maximum absolute atomic E-state index is 14.7. The SMILES string of the molecule is C=CCCCCOC(=O)[C@H]1[C@H]2C(=O)N([C@@H](CO)[C@@H](C)CC)C(C(=O)N(CC=C)Cc3ccccc3)C23CC(Br)[C@@H]1S3. The molecule has 9 heteroatoms. The number of nitrogens with zero attached hydrogens (tertiary/aromatic N) is 2. The number of fused-ring (bicyclic) bond motifs is 1. The molecule has 1 aromatic carbocycles. The third-order valence-electron chi connectivity index (χ3n) is 9.00. The number of amides is 2. The van der Waals surface area contributed by atoms with Crippen molar-refractivity contribution in [3.05, 3.63) is 61.2 Å². The zero-order valence-electron chi connectivity index (χ0n) is 24.1. The highest BCUT2D eigenvalue weighted by molar-refractivity contribution is 9.09. The number of esters is 1. The lowest BCUT2D eigenvalue weighted by Gasteiger charge is -2.41. The lowest BCUT2D eigenvalue weighted by atomic mass is 9.71. The number of thioether (sulfide) groups is 1. The molecule has 7 nitrogen and oxygen atoms in total. The number of hydrogen-bond acceptors (Lipinski definition) is 6. The van der Waals surface area contributed by atoms with Crippen molar-refractivity contribution >= 4 is 45.5 Å². The van der Waals surface area contributed by atoms with Crippen molar-refractivity contribution in [1.29, 1.82) is 0 Å². The van der Waals surface area contributed by atoms with Crippen LogP contribution in [-0.2, 0) is 25.7 Å². The van der Waals surface area contributed by atoms with Crippen LogP contribution in [0.4, 0.5) is 0 Å². The number of carbonyl (C=O) groups excluding carboxylic acids is 3. The highest BCUT2D eigenvalue weighted by Crippen LogP contribution is 2.68. The molecule has 2 bridgehead atoms. The zero-order chi connectivity index (χ0) is 29.7. The molecular weight excluding hydrogens is 604 g/mol. The van der Waals surface area contributed by atoms with Gasteiger partial charge in [-0.25, -0.2) is 0 Å². The molecule has 3 aliphatic heterocycles. The van der Waals surface area contributed by atoms with Gasteiger partial charge in [0.2, 0.25) is 11.8 Å². The van der Waals surface area contributed by atoms with Gasteiger partial charge in [-0.05, 0) is 37.2 Å². The van der Waals surface area contributed by atoms with Gasteiger partial charge in [0, 0.05) is 23.2 Å². The highest BCUT2D eigenvalue weighted by Gasteiger charge is 2.76. The van der Waals surface area contributed by atoms with Gasteiger partial charge < -0.3 is 19.6 Å². The number of rotatable bonds is 15. The quantitative estimate of drug-likeness (QED) is 0.125. The van der Waals surface area contributed by atoms with Crippen LogP contribution >= 0.6 is 27.7 Å². The molecule has 2 amide bonds. The number of benzene rings is 1. The van der Waals surface area contributed by atoms with Crippen LogP contribution < -0.4 is 0 Å². The standard InChI is InChI=1S/C32H43BrN2O5S/c1-5-8-9-13-17-40-31(39)25-26-29(37)35(24(20-36)21(4)7-3)28(32(26)18-23(33)27(25)41-32)30(38)34(16-6-2)19-22-14-11-10-12-15-22/h5-6,10-12,14-15,21,23-28,36H,1-2,7-9,13,16-20H2,3-4H3/t21-,23?,24-,25-,26-,27-,28?,32?/m0/s1. The molecule has 0 saturated carbocycles. The van der Waals surface area contributed by atoms with E-state index in [4.69, 9.17) is 4.74 Å². The maximum atomic E-state index is 14.7. The summed E-state index contributed by atoms with van der Waals surface area (Å²) in [5, 5.41) is 10.4. The van der Waals surface area contributed by atoms with E-state index in [2.05, 4.69) is 29.1 Å². The van der Waals surface area contributed by atoms with E-state index < -0.39 is 28.7 Å². The molecule has 1 N–H and O–H groups in total. The molecule has 224 valence electrons. The van der Waals surface area contributed by atoms with Gasteiger partial charge in [-0.3, -0.25) is 14.4 Å². The number of ether oxygens (including phenoxy) is 1. The molecule has 41 heavy (non-hydrogen) atoms. The van der Waals surface area contributed by atoms with Gasteiger partial charge in [-0.15, -0.1) is 24.9 Å². The van der Waals surface area contributed by atoms with E-state index in [9.17, 15) is 19.5 Å². The van der Waals surface area contributed by atoms with Gasteiger partial charge in [-0.1, -0.05) is 78.7 Å². The first kappa shape index (κ1) is 31.8. The molecule has 0 radical (unpaired) electrons. The third-order valence-corrected chi connectivity index (χ3v) is 12.2. The monoisotopic (exact) mass is 646 g/mol. The molecule has 4 rings (SSSR count). The largest absolute Gasteiger partial charge is 0.465 e. The Hall–Kier alpha value is -2.10. The van der Waals surface area contributed by atoms with Crippen molar-refractivity contribution < 1.29 is 24.2 Å². The van der Waals surface area contributed by atoms with Gasteiger partial charge in [0.25, 0.3) is 0 Å². The number of unbranched alkanes of at least 4 members (excludes halogenated alkanes) is 2. The highest BCUT2D eigenvalue weighted by atomic mass is 79.9. The molecule has 3 heterocycles. The van der Waals surface area contributed by atoms with Crippen molar-refractivity contribution in [3.8, 4) is 0 Å². The van der Waals surface area contributed by atoms with Gasteiger partial charge in [0.05, 0.1) is 35.8 Å². The molecule has 0 aromatic heterocycles. The molecule has 1 aromatic rings. The number of hydrogen-bond donors (Lipinski definition) is 1. The van der Waals surface area contributed by atoms with E-state index in [1.54, 1.807) is 27.6 Å². The Morgan fingerprint density at radius 2 is 2.00 bits per heavy atom. The van der Waals surface area contributed by atoms with Crippen molar-refractivity contribution in [1.82, 2.24) is 9.80 Å². The maximum Gasteiger partial charge on any atom is 0.310 e. The Labute approximate surface area is 256 Å². The second kappa shape index (κ2) is 13.9. The van der Waals surface area contributed by atoms with Crippen LogP contribution in [0.2, 0.25) is 0 Å². The Morgan fingerprint density at radius 1 is 1.27 bits per heavy atom. The van der Waals surface area contributed by atoms with Gasteiger partial charge in [0.1, 0.15) is 6.04 Å². The summed E-state index contributed by atoms with van der Waals surface area (Å²) in [5.41, 5.74) is 0.980. The summed E-state index contributed by atoms with van der Waals surface area (Å²) in [6, 6.07) is 8.42.